The minimum Gasteiger partial charge on any atom is -0.368 e. The fourth-order valence-corrected chi connectivity index (χ4v) is 3.72. The lowest BCUT2D eigenvalue weighted by atomic mass is 10.0. The number of hydrogen-bond donors (Lipinski definition) is 0. The van der Waals surface area contributed by atoms with Crippen LogP contribution in [-0.4, -0.2) is 50.6 Å². The quantitative estimate of drug-likeness (QED) is 0.827. The van der Waals surface area contributed by atoms with E-state index in [1.807, 2.05) is 11.8 Å². The van der Waals surface area contributed by atoms with Crippen LogP contribution < -0.4 is 0 Å². The van der Waals surface area contributed by atoms with Gasteiger partial charge in [0, 0.05) is 25.1 Å². The number of nitrogens with zero attached hydrogens (tertiary/aromatic N) is 5. The molecule has 2 aliphatic rings. The molecule has 1 unspecified atom stereocenters. The van der Waals surface area contributed by atoms with Gasteiger partial charge in [-0.05, 0) is 12.8 Å². The van der Waals surface area contributed by atoms with Crippen molar-refractivity contribution in [1.82, 2.24) is 25.0 Å². The Bertz CT molecular complexity index is 772. The standard InChI is InChI=1S/C18H23N5O3/c1-2-15-21-17(22-26-15)13-9-19-11-20-16(13)14-10-23(7-8-25-14)18(24)12-5-3-4-6-12/h9,11-12,14H,2-8,10H2,1H3. The minimum absolute atomic E-state index is 0.169. The first-order chi connectivity index (χ1) is 12.8. The van der Waals surface area contributed by atoms with Crippen LogP contribution in [0.5, 0.6) is 0 Å². The molecule has 2 aromatic rings. The predicted molar refractivity (Wildman–Crippen MR) is 91.9 cm³/mol. The van der Waals surface area contributed by atoms with Crippen LogP contribution in [0.1, 0.15) is 50.3 Å². The van der Waals surface area contributed by atoms with Crippen LogP contribution in [0.15, 0.2) is 17.0 Å². The van der Waals surface area contributed by atoms with Crippen molar-refractivity contribution in [1.29, 1.82) is 0 Å². The molecule has 2 aromatic heterocycles. The molecule has 1 aliphatic heterocycles. The maximum absolute atomic E-state index is 12.8. The number of rotatable bonds is 4. The first kappa shape index (κ1) is 17.1. The topological polar surface area (TPSA) is 94.2 Å². The van der Waals surface area contributed by atoms with E-state index in [1.165, 1.54) is 6.33 Å². The van der Waals surface area contributed by atoms with Gasteiger partial charge in [-0.1, -0.05) is 24.9 Å². The highest BCUT2D eigenvalue weighted by Crippen LogP contribution is 2.31. The molecule has 26 heavy (non-hydrogen) atoms. The van der Waals surface area contributed by atoms with E-state index >= 15 is 0 Å². The maximum Gasteiger partial charge on any atom is 0.226 e. The van der Waals surface area contributed by atoms with Gasteiger partial charge in [-0.25, -0.2) is 9.97 Å². The molecule has 0 N–H and O–H groups in total. The van der Waals surface area contributed by atoms with E-state index in [0.717, 1.165) is 25.7 Å². The number of carbonyl (C=O) groups excluding carboxylic acids is 1. The highest BCUT2D eigenvalue weighted by Gasteiger charge is 2.33. The number of aryl methyl sites for hydroxylation is 1. The van der Waals surface area contributed by atoms with Crippen molar-refractivity contribution in [3.63, 3.8) is 0 Å². The molecule has 8 nitrogen and oxygen atoms in total. The van der Waals surface area contributed by atoms with E-state index in [4.69, 9.17) is 9.26 Å². The van der Waals surface area contributed by atoms with Gasteiger partial charge < -0.3 is 14.2 Å². The third-order valence-electron chi connectivity index (χ3n) is 5.14. The molecule has 4 rings (SSSR count). The molecule has 0 aromatic carbocycles. The summed E-state index contributed by atoms with van der Waals surface area (Å²) in [7, 11) is 0. The van der Waals surface area contributed by atoms with Crippen LogP contribution in [0.4, 0.5) is 0 Å². The Morgan fingerprint density at radius 3 is 2.96 bits per heavy atom. The van der Waals surface area contributed by atoms with E-state index in [-0.39, 0.29) is 17.9 Å². The smallest absolute Gasteiger partial charge is 0.226 e. The fourth-order valence-electron chi connectivity index (χ4n) is 3.72. The highest BCUT2D eigenvalue weighted by molar-refractivity contribution is 5.79. The third kappa shape index (κ3) is 3.33. The van der Waals surface area contributed by atoms with Crippen LogP contribution in [0.2, 0.25) is 0 Å². The van der Waals surface area contributed by atoms with Gasteiger partial charge in [0.15, 0.2) is 0 Å². The molecule has 2 fully saturated rings. The van der Waals surface area contributed by atoms with Gasteiger partial charge in [0.25, 0.3) is 0 Å². The van der Waals surface area contributed by atoms with Gasteiger partial charge in [0.05, 0.1) is 24.4 Å². The van der Waals surface area contributed by atoms with E-state index in [2.05, 4.69) is 20.1 Å². The van der Waals surface area contributed by atoms with Gasteiger partial charge >= 0.3 is 0 Å². The number of aromatic nitrogens is 4. The van der Waals surface area contributed by atoms with Crippen LogP contribution >= 0.6 is 0 Å². The van der Waals surface area contributed by atoms with Gasteiger partial charge in [0.2, 0.25) is 17.6 Å². The second kappa shape index (κ2) is 7.49. The Hall–Kier alpha value is -2.35. The van der Waals surface area contributed by atoms with Crippen LogP contribution in [0.25, 0.3) is 11.4 Å². The summed E-state index contributed by atoms with van der Waals surface area (Å²) >= 11 is 0. The third-order valence-corrected chi connectivity index (χ3v) is 5.14. The second-order valence-corrected chi connectivity index (χ2v) is 6.81. The van der Waals surface area contributed by atoms with Crippen molar-refractivity contribution in [2.75, 3.05) is 19.7 Å². The van der Waals surface area contributed by atoms with E-state index < -0.39 is 0 Å². The molecule has 1 atom stereocenters. The average molecular weight is 357 g/mol. The molecule has 1 aliphatic carbocycles. The molecule has 1 saturated carbocycles. The van der Waals surface area contributed by atoms with Crippen molar-refractivity contribution in [2.24, 2.45) is 5.92 Å². The molecular formula is C18H23N5O3. The predicted octanol–water partition coefficient (Wildman–Crippen LogP) is 2.18. The lowest BCUT2D eigenvalue weighted by Crippen LogP contribution is -2.44. The summed E-state index contributed by atoms with van der Waals surface area (Å²) in [6, 6.07) is 0. The fraction of sp³-hybridized carbons (Fsp3) is 0.611. The number of ether oxygens (including phenoxy) is 1. The minimum atomic E-state index is -0.310. The summed E-state index contributed by atoms with van der Waals surface area (Å²) in [4.78, 5) is 27.6. The largest absolute Gasteiger partial charge is 0.368 e. The Morgan fingerprint density at radius 2 is 2.19 bits per heavy atom. The van der Waals surface area contributed by atoms with Crippen LogP contribution in [-0.2, 0) is 16.0 Å². The summed E-state index contributed by atoms with van der Waals surface area (Å²) in [5, 5.41) is 4.03. The molecule has 0 radical (unpaired) electrons. The van der Waals surface area contributed by atoms with Gasteiger partial charge in [-0.2, -0.15) is 4.98 Å². The molecule has 8 heteroatoms. The SMILES string of the molecule is CCc1nc(-c2cncnc2C2CN(C(=O)C3CCCC3)CCO2)no1. The van der Waals surface area contributed by atoms with Crippen molar-refractivity contribution in [3.8, 4) is 11.4 Å². The molecule has 0 bridgehead atoms. The normalized spacial score (nSPS) is 21.3. The summed E-state index contributed by atoms with van der Waals surface area (Å²) in [6.07, 6.45) is 7.82. The lowest BCUT2D eigenvalue weighted by molar-refractivity contribution is -0.143. The molecule has 1 saturated heterocycles. The van der Waals surface area contributed by atoms with Crippen molar-refractivity contribution in [2.45, 2.75) is 45.1 Å². The Labute approximate surface area is 152 Å². The van der Waals surface area contributed by atoms with Crippen LogP contribution in [0, 0.1) is 5.92 Å². The number of carbonyl (C=O) groups is 1. The zero-order valence-electron chi connectivity index (χ0n) is 14.9. The van der Waals surface area contributed by atoms with Crippen molar-refractivity contribution < 1.29 is 14.1 Å². The highest BCUT2D eigenvalue weighted by atomic mass is 16.5. The summed E-state index contributed by atoms with van der Waals surface area (Å²) < 4.78 is 11.1. The van der Waals surface area contributed by atoms with Gasteiger partial charge in [-0.15, -0.1) is 0 Å². The summed E-state index contributed by atoms with van der Waals surface area (Å²) in [5.41, 5.74) is 1.39. The molecule has 0 spiro atoms. The molecule has 3 heterocycles. The average Bonchev–Trinajstić information content (AvgIpc) is 3.39. The molecule has 1 amide bonds. The van der Waals surface area contributed by atoms with Crippen molar-refractivity contribution >= 4 is 5.91 Å². The first-order valence-electron chi connectivity index (χ1n) is 9.29. The maximum atomic E-state index is 12.8. The van der Waals surface area contributed by atoms with E-state index in [9.17, 15) is 4.79 Å². The zero-order valence-corrected chi connectivity index (χ0v) is 14.9. The number of hydrogen-bond acceptors (Lipinski definition) is 7. The zero-order chi connectivity index (χ0) is 17.9. The van der Waals surface area contributed by atoms with E-state index in [0.29, 0.717) is 49.1 Å². The summed E-state index contributed by atoms with van der Waals surface area (Å²) in [6.45, 7) is 3.59. The second-order valence-electron chi connectivity index (χ2n) is 6.81. The molecular weight excluding hydrogens is 334 g/mol. The van der Waals surface area contributed by atoms with E-state index in [1.54, 1.807) is 6.20 Å². The lowest BCUT2D eigenvalue weighted by Gasteiger charge is -2.34. The van der Waals surface area contributed by atoms with Crippen LogP contribution in [0.3, 0.4) is 0 Å². The van der Waals surface area contributed by atoms with Crippen molar-refractivity contribution in [3.05, 3.63) is 24.1 Å². The monoisotopic (exact) mass is 357 g/mol. The summed E-state index contributed by atoms with van der Waals surface area (Å²) in [5.74, 6) is 1.44. The number of morpholine rings is 1. The van der Waals surface area contributed by atoms with Gasteiger partial charge in [0.1, 0.15) is 12.4 Å². The number of amides is 1. The first-order valence-corrected chi connectivity index (χ1v) is 9.29. The van der Waals surface area contributed by atoms with Gasteiger partial charge in [-0.3, -0.25) is 4.79 Å². The molecule has 138 valence electrons. The Morgan fingerprint density at radius 1 is 1.35 bits per heavy atom. The Balaban J connectivity index is 1.56. The Kier molecular flexibility index (Phi) is 4.92.